The molecule has 2 aromatic heterocycles. The van der Waals surface area contributed by atoms with E-state index in [9.17, 15) is 0 Å². The molecule has 4 N–H and O–H groups in total. The third kappa shape index (κ3) is 3.55. The normalized spacial score (nSPS) is 11.0. The van der Waals surface area contributed by atoms with Gasteiger partial charge >= 0.3 is 0 Å². The molecule has 5 aromatic rings. The van der Waals surface area contributed by atoms with Gasteiger partial charge in [-0.2, -0.15) is 5.10 Å². The number of nitrogens with one attached hydrogen (secondary N) is 2. The summed E-state index contributed by atoms with van der Waals surface area (Å²) in [4.78, 5) is 7.79. The monoisotopic (exact) mass is 381 g/mol. The highest BCUT2D eigenvalue weighted by Crippen LogP contribution is 2.32. The fourth-order valence-electron chi connectivity index (χ4n) is 3.28. The summed E-state index contributed by atoms with van der Waals surface area (Å²) < 4.78 is 6.05. The Balaban J connectivity index is 1.40. The second-order valence-electron chi connectivity index (χ2n) is 6.85. The van der Waals surface area contributed by atoms with Gasteiger partial charge in [-0.05, 0) is 48.0 Å². The van der Waals surface area contributed by atoms with Gasteiger partial charge in [0.25, 0.3) is 0 Å². The number of benzene rings is 3. The molecule has 0 amide bonds. The van der Waals surface area contributed by atoms with Crippen molar-refractivity contribution in [2.75, 3.05) is 5.73 Å². The number of nitrogens with zero attached hydrogens (tertiary/aromatic N) is 2. The van der Waals surface area contributed by atoms with Crippen LogP contribution in [0.3, 0.4) is 0 Å². The van der Waals surface area contributed by atoms with Crippen LogP contribution in [0.2, 0.25) is 0 Å². The third-order valence-electron chi connectivity index (χ3n) is 4.77. The van der Waals surface area contributed by atoms with Gasteiger partial charge in [0.15, 0.2) is 11.6 Å². The van der Waals surface area contributed by atoms with Crippen LogP contribution in [0.25, 0.3) is 22.3 Å². The van der Waals surface area contributed by atoms with Crippen LogP contribution in [-0.4, -0.2) is 20.2 Å². The van der Waals surface area contributed by atoms with Crippen LogP contribution in [0.1, 0.15) is 11.4 Å². The quantitative estimate of drug-likeness (QED) is 0.377. The molecule has 0 spiro atoms. The number of hydrogen-bond acceptors (Lipinski definition) is 4. The van der Waals surface area contributed by atoms with Crippen molar-refractivity contribution in [1.29, 1.82) is 0 Å². The Hall–Kier alpha value is -4.06. The number of anilines is 1. The van der Waals surface area contributed by atoms with Crippen LogP contribution >= 0.6 is 0 Å². The fourth-order valence-corrected chi connectivity index (χ4v) is 3.28. The van der Waals surface area contributed by atoms with E-state index in [4.69, 9.17) is 10.5 Å². The van der Waals surface area contributed by atoms with E-state index in [1.54, 1.807) is 0 Å². The number of fused-ring (bicyclic) bond motifs is 1. The van der Waals surface area contributed by atoms with Gasteiger partial charge in [-0.25, -0.2) is 4.98 Å². The minimum atomic E-state index is 0.558. The van der Waals surface area contributed by atoms with Gasteiger partial charge in [0.1, 0.15) is 11.6 Å². The number of aromatic nitrogens is 4. The number of ether oxygens (including phenoxy) is 1. The van der Waals surface area contributed by atoms with E-state index in [1.807, 2.05) is 66.9 Å². The number of nitrogens with two attached hydrogens (primary N) is 1. The Morgan fingerprint density at radius 2 is 1.83 bits per heavy atom. The van der Waals surface area contributed by atoms with E-state index >= 15 is 0 Å². The maximum absolute atomic E-state index is 6.14. The molecule has 0 aliphatic rings. The molecule has 0 aliphatic heterocycles. The van der Waals surface area contributed by atoms with Crippen LogP contribution in [-0.2, 0) is 6.42 Å². The number of H-pyrrole nitrogens is 2. The van der Waals surface area contributed by atoms with Crippen molar-refractivity contribution < 1.29 is 4.74 Å². The van der Waals surface area contributed by atoms with Gasteiger partial charge in [0, 0.05) is 29.1 Å². The molecule has 0 fully saturated rings. The Morgan fingerprint density at radius 1 is 0.931 bits per heavy atom. The smallest absolute Gasteiger partial charge is 0.181 e. The van der Waals surface area contributed by atoms with Gasteiger partial charge in [-0.15, -0.1) is 0 Å². The van der Waals surface area contributed by atoms with Gasteiger partial charge in [-0.3, -0.25) is 5.10 Å². The van der Waals surface area contributed by atoms with Crippen molar-refractivity contribution in [3.63, 3.8) is 0 Å². The second-order valence-corrected chi connectivity index (χ2v) is 6.85. The zero-order valence-corrected chi connectivity index (χ0v) is 15.6. The van der Waals surface area contributed by atoms with E-state index in [2.05, 4.69) is 32.3 Å². The van der Waals surface area contributed by atoms with E-state index in [0.717, 1.165) is 28.0 Å². The molecule has 3 aromatic carbocycles. The van der Waals surface area contributed by atoms with Gasteiger partial charge in [0.05, 0.1) is 5.69 Å². The molecule has 0 saturated carbocycles. The van der Waals surface area contributed by atoms with Crippen molar-refractivity contribution in [3.05, 3.63) is 90.4 Å². The predicted octanol–water partition coefficient (Wildman–Crippen LogP) is 4.92. The summed E-state index contributed by atoms with van der Waals surface area (Å²) in [5.74, 6) is 2.72. The molecule has 0 unspecified atom stereocenters. The highest BCUT2D eigenvalue weighted by molar-refractivity contribution is 5.81. The van der Waals surface area contributed by atoms with E-state index in [0.29, 0.717) is 23.7 Å². The summed E-state index contributed by atoms with van der Waals surface area (Å²) in [6.45, 7) is 0. The van der Waals surface area contributed by atoms with Crippen molar-refractivity contribution >= 4 is 16.6 Å². The standard InChI is InChI=1S/C23H19N5O/c24-19-8-6-17(23-26-22(27-28-23)12-15-4-2-1-3-5-15)14-21(19)29-18-7-9-20-16(13-18)10-11-25-20/h1-11,13-14,25H,12,24H2,(H,26,27,28). The van der Waals surface area contributed by atoms with Gasteiger partial charge in [-0.1, -0.05) is 30.3 Å². The lowest BCUT2D eigenvalue weighted by Gasteiger charge is -2.10. The summed E-state index contributed by atoms with van der Waals surface area (Å²) >= 11 is 0. The molecule has 142 valence electrons. The van der Waals surface area contributed by atoms with Gasteiger partial charge in [0.2, 0.25) is 0 Å². The SMILES string of the molecule is Nc1ccc(-c2n[nH]c(Cc3ccccc3)n2)cc1Oc1ccc2[nH]ccc2c1. The summed E-state index contributed by atoms with van der Waals surface area (Å²) in [6.07, 6.45) is 2.60. The molecule has 0 bridgehead atoms. The van der Waals surface area contributed by atoms with Crippen molar-refractivity contribution in [2.45, 2.75) is 6.42 Å². The van der Waals surface area contributed by atoms with Crippen LogP contribution < -0.4 is 10.5 Å². The molecule has 0 aliphatic carbocycles. The maximum Gasteiger partial charge on any atom is 0.181 e. The second kappa shape index (κ2) is 7.16. The lowest BCUT2D eigenvalue weighted by Crippen LogP contribution is -1.93. The van der Waals surface area contributed by atoms with Gasteiger partial charge < -0.3 is 15.5 Å². The van der Waals surface area contributed by atoms with Crippen molar-refractivity contribution in [3.8, 4) is 22.9 Å². The summed E-state index contributed by atoms with van der Waals surface area (Å²) in [7, 11) is 0. The highest BCUT2D eigenvalue weighted by atomic mass is 16.5. The molecule has 5 rings (SSSR count). The van der Waals surface area contributed by atoms with Crippen LogP contribution in [0.15, 0.2) is 79.0 Å². The molecule has 29 heavy (non-hydrogen) atoms. The van der Waals surface area contributed by atoms with Crippen LogP contribution in [0.4, 0.5) is 5.69 Å². The molecule has 6 heteroatoms. The number of nitrogen functional groups attached to an aromatic ring is 1. The Kier molecular flexibility index (Phi) is 4.22. The number of hydrogen-bond donors (Lipinski definition) is 3. The van der Waals surface area contributed by atoms with E-state index in [-0.39, 0.29) is 0 Å². The average Bonchev–Trinajstić information content (AvgIpc) is 3.39. The zero-order valence-electron chi connectivity index (χ0n) is 15.6. The summed E-state index contributed by atoms with van der Waals surface area (Å²) in [6, 6.07) is 23.6. The van der Waals surface area contributed by atoms with Crippen molar-refractivity contribution in [1.82, 2.24) is 20.2 Å². The Bertz CT molecular complexity index is 1270. The fraction of sp³-hybridized carbons (Fsp3) is 0.0435. The maximum atomic E-state index is 6.14. The van der Waals surface area contributed by atoms with Crippen molar-refractivity contribution in [2.24, 2.45) is 0 Å². The minimum Gasteiger partial charge on any atom is -0.455 e. The molecule has 0 atom stereocenters. The zero-order chi connectivity index (χ0) is 19.6. The number of rotatable bonds is 5. The molecule has 0 saturated heterocycles. The Labute approximate surface area is 167 Å². The summed E-state index contributed by atoms with van der Waals surface area (Å²) in [5.41, 5.74) is 9.77. The minimum absolute atomic E-state index is 0.558. The predicted molar refractivity (Wildman–Crippen MR) is 114 cm³/mol. The lowest BCUT2D eigenvalue weighted by atomic mass is 10.1. The van der Waals surface area contributed by atoms with Crippen LogP contribution in [0, 0.1) is 0 Å². The van der Waals surface area contributed by atoms with Crippen LogP contribution in [0.5, 0.6) is 11.5 Å². The number of aromatic amines is 2. The molecule has 6 nitrogen and oxygen atoms in total. The molecular formula is C23H19N5O. The largest absolute Gasteiger partial charge is 0.455 e. The third-order valence-corrected chi connectivity index (χ3v) is 4.77. The first-order chi connectivity index (χ1) is 14.2. The highest BCUT2D eigenvalue weighted by Gasteiger charge is 2.11. The Morgan fingerprint density at radius 3 is 2.72 bits per heavy atom. The van der Waals surface area contributed by atoms with E-state index in [1.165, 1.54) is 5.56 Å². The molecule has 2 heterocycles. The first-order valence-electron chi connectivity index (χ1n) is 9.35. The molecular weight excluding hydrogens is 362 g/mol. The molecule has 0 radical (unpaired) electrons. The summed E-state index contributed by atoms with van der Waals surface area (Å²) in [5, 5.41) is 8.46. The average molecular weight is 381 g/mol. The first kappa shape index (κ1) is 17.1. The topological polar surface area (TPSA) is 92.6 Å². The first-order valence-corrected chi connectivity index (χ1v) is 9.35. The lowest BCUT2D eigenvalue weighted by molar-refractivity contribution is 0.486. The van der Waals surface area contributed by atoms with E-state index < -0.39 is 0 Å².